The van der Waals surface area contributed by atoms with Gasteiger partial charge in [-0.3, -0.25) is 0 Å². The predicted octanol–water partition coefficient (Wildman–Crippen LogP) is 3.30. The fourth-order valence-electron chi connectivity index (χ4n) is 3.07. The Bertz CT molecular complexity index is 1080. The lowest BCUT2D eigenvalue weighted by atomic mass is 10.1. The van der Waals surface area contributed by atoms with Crippen LogP contribution in [-0.4, -0.2) is 36.0 Å². The number of nitrogens with zero attached hydrogens (tertiary/aromatic N) is 4. The zero-order valence-electron chi connectivity index (χ0n) is 15.4. The maximum atomic E-state index is 13.4. The second-order valence-corrected chi connectivity index (χ2v) is 8.86. The van der Waals surface area contributed by atoms with Gasteiger partial charge in [-0.15, -0.1) is 0 Å². The Morgan fingerprint density at radius 3 is 2.62 bits per heavy atom. The van der Waals surface area contributed by atoms with Crippen LogP contribution in [0.1, 0.15) is 30.5 Å². The third-order valence-electron chi connectivity index (χ3n) is 4.53. The zero-order chi connectivity index (χ0) is 21.4. The molecule has 2 aromatic rings. The minimum atomic E-state index is -4.87. The summed E-state index contributed by atoms with van der Waals surface area (Å²) in [5.74, 6) is -0.403. The third-order valence-corrected chi connectivity index (χ3v) is 5.63. The van der Waals surface area contributed by atoms with Crippen LogP contribution in [0.5, 0.6) is 5.88 Å². The molecule has 0 spiro atoms. The first-order valence-electron chi connectivity index (χ1n) is 8.57. The van der Waals surface area contributed by atoms with Crippen LogP contribution in [0.25, 0.3) is 5.82 Å². The molecule has 1 aliphatic carbocycles. The first-order valence-corrected chi connectivity index (χ1v) is 10.5. The number of ether oxygens (including phenoxy) is 1. The van der Waals surface area contributed by atoms with Crippen molar-refractivity contribution in [2.24, 2.45) is 5.92 Å². The molecule has 11 heteroatoms. The minimum absolute atomic E-state index is 0.0762. The summed E-state index contributed by atoms with van der Waals surface area (Å²) in [6, 6.07) is 3.91. The highest BCUT2D eigenvalue weighted by Crippen LogP contribution is 2.37. The van der Waals surface area contributed by atoms with E-state index in [-0.39, 0.29) is 29.1 Å². The number of allylic oxidation sites excluding steroid dienone is 1. The van der Waals surface area contributed by atoms with E-state index in [2.05, 4.69) is 16.7 Å². The molecule has 0 N–H and O–H groups in total. The highest BCUT2D eigenvalue weighted by molar-refractivity contribution is 7.90. The van der Waals surface area contributed by atoms with Gasteiger partial charge in [-0.1, -0.05) is 12.2 Å². The summed E-state index contributed by atoms with van der Waals surface area (Å²) in [4.78, 5) is 3.79. The smallest absolute Gasteiger partial charge is 0.436 e. The van der Waals surface area contributed by atoms with E-state index in [1.54, 1.807) is 0 Å². The van der Waals surface area contributed by atoms with Crippen LogP contribution in [0.4, 0.5) is 13.2 Å². The Hall–Kier alpha value is -2.87. The number of nitriles is 1. The molecule has 1 saturated carbocycles. The van der Waals surface area contributed by atoms with Crippen molar-refractivity contribution in [3.05, 3.63) is 41.7 Å². The average Bonchev–Trinajstić information content (AvgIpc) is 3.22. The molecular formula is C18H17F3N4O3S. The fraction of sp³-hybridized carbons (Fsp3) is 0.389. The molecule has 1 aliphatic rings. The van der Waals surface area contributed by atoms with Gasteiger partial charge >= 0.3 is 6.18 Å². The maximum Gasteiger partial charge on any atom is 0.436 e. The number of aromatic nitrogens is 3. The van der Waals surface area contributed by atoms with Gasteiger partial charge < -0.3 is 4.74 Å². The van der Waals surface area contributed by atoms with Crippen molar-refractivity contribution in [3.8, 4) is 17.8 Å². The molecule has 0 aliphatic heterocycles. The van der Waals surface area contributed by atoms with Crippen LogP contribution in [0.2, 0.25) is 0 Å². The largest absolute Gasteiger partial charge is 0.476 e. The molecule has 0 bridgehead atoms. The van der Waals surface area contributed by atoms with E-state index in [9.17, 15) is 26.9 Å². The number of hydrogen-bond acceptors (Lipinski definition) is 6. The molecule has 0 aromatic carbocycles. The van der Waals surface area contributed by atoms with Crippen molar-refractivity contribution < 1.29 is 26.3 Å². The van der Waals surface area contributed by atoms with Gasteiger partial charge in [-0.2, -0.15) is 28.2 Å². The van der Waals surface area contributed by atoms with Gasteiger partial charge in [-0.25, -0.2) is 13.4 Å². The zero-order valence-corrected chi connectivity index (χ0v) is 16.2. The van der Waals surface area contributed by atoms with E-state index in [1.807, 2.05) is 0 Å². The van der Waals surface area contributed by atoms with Crippen molar-refractivity contribution in [2.45, 2.75) is 30.3 Å². The van der Waals surface area contributed by atoms with Crippen molar-refractivity contribution in [3.63, 3.8) is 0 Å². The number of hydrogen-bond donors (Lipinski definition) is 0. The molecule has 0 amide bonds. The molecule has 3 rings (SSSR count). The van der Waals surface area contributed by atoms with Crippen LogP contribution in [0.15, 0.2) is 35.4 Å². The van der Waals surface area contributed by atoms with Gasteiger partial charge in [0.25, 0.3) is 0 Å². The van der Waals surface area contributed by atoms with Crippen molar-refractivity contribution in [1.29, 1.82) is 5.26 Å². The summed E-state index contributed by atoms with van der Waals surface area (Å²) in [7, 11) is -3.53. The Balaban J connectivity index is 2.03. The van der Waals surface area contributed by atoms with Crippen molar-refractivity contribution in [1.82, 2.24) is 14.8 Å². The van der Waals surface area contributed by atoms with Gasteiger partial charge in [0.15, 0.2) is 21.3 Å². The Morgan fingerprint density at radius 1 is 1.41 bits per heavy atom. The van der Waals surface area contributed by atoms with Crippen LogP contribution in [0.3, 0.4) is 0 Å². The van der Waals surface area contributed by atoms with Gasteiger partial charge in [0.1, 0.15) is 11.6 Å². The summed E-state index contributed by atoms with van der Waals surface area (Å²) in [6.45, 7) is 3.98. The lowest BCUT2D eigenvalue weighted by Crippen LogP contribution is -2.12. The highest BCUT2D eigenvalue weighted by Gasteiger charge is 2.41. The third kappa shape index (κ3) is 4.42. The standard InChI is InChI=1S/C18H17F3N4O3S/c1-11-3-4-12(7-11)10-28-17-14(8-22)16(18(19,20)21)24-25(17)15-6-5-13(9-23-15)29(2,26)27/h5-6,9,12H,1,3-4,7,10H2,2H3. The van der Waals surface area contributed by atoms with Crippen LogP contribution in [-0.2, 0) is 16.0 Å². The van der Waals surface area contributed by atoms with E-state index in [4.69, 9.17) is 4.74 Å². The van der Waals surface area contributed by atoms with E-state index < -0.39 is 27.3 Å². The fourth-order valence-corrected chi connectivity index (χ4v) is 3.63. The van der Waals surface area contributed by atoms with Gasteiger partial charge in [0.05, 0.1) is 11.5 Å². The molecule has 0 saturated heterocycles. The summed E-state index contributed by atoms with van der Waals surface area (Å²) < 4.78 is 69.6. The van der Waals surface area contributed by atoms with Crippen LogP contribution < -0.4 is 4.74 Å². The summed E-state index contributed by atoms with van der Waals surface area (Å²) in [5.41, 5.74) is -1.09. The molecule has 7 nitrogen and oxygen atoms in total. The highest BCUT2D eigenvalue weighted by atomic mass is 32.2. The lowest BCUT2D eigenvalue weighted by Gasteiger charge is -2.13. The second-order valence-electron chi connectivity index (χ2n) is 6.84. The first kappa shape index (κ1) is 20.9. The van der Waals surface area contributed by atoms with E-state index in [0.717, 1.165) is 35.5 Å². The summed E-state index contributed by atoms with van der Waals surface area (Å²) >= 11 is 0. The maximum absolute atomic E-state index is 13.4. The SMILES string of the molecule is C=C1CCC(COc2c(C#N)c(C(F)(F)F)nn2-c2ccc(S(C)(=O)=O)cn2)C1. The molecule has 154 valence electrons. The monoisotopic (exact) mass is 426 g/mol. The number of pyridine rings is 1. The molecule has 2 heterocycles. The quantitative estimate of drug-likeness (QED) is 0.681. The Kier molecular flexibility index (Phi) is 5.40. The summed E-state index contributed by atoms with van der Waals surface area (Å²) in [6.07, 6.45) is -0.567. The molecular weight excluding hydrogens is 409 g/mol. The summed E-state index contributed by atoms with van der Waals surface area (Å²) in [5, 5.41) is 12.8. The normalized spacial score (nSPS) is 17.3. The van der Waals surface area contributed by atoms with Gasteiger partial charge in [0, 0.05) is 12.5 Å². The van der Waals surface area contributed by atoms with Gasteiger partial charge in [-0.05, 0) is 37.3 Å². The molecule has 0 radical (unpaired) electrons. The van der Waals surface area contributed by atoms with Gasteiger partial charge in [0.2, 0.25) is 5.88 Å². The van der Waals surface area contributed by atoms with Crippen molar-refractivity contribution >= 4 is 9.84 Å². The van der Waals surface area contributed by atoms with E-state index in [0.29, 0.717) is 6.42 Å². The number of halogens is 3. The van der Waals surface area contributed by atoms with Crippen LogP contribution >= 0.6 is 0 Å². The van der Waals surface area contributed by atoms with E-state index in [1.165, 1.54) is 18.2 Å². The molecule has 1 atom stereocenters. The second kappa shape index (κ2) is 7.51. The number of sulfone groups is 1. The first-order chi connectivity index (χ1) is 13.5. The predicted molar refractivity (Wildman–Crippen MR) is 96.2 cm³/mol. The topological polar surface area (TPSA) is 97.9 Å². The Labute approximate surface area is 165 Å². The number of rotatable bonds is 5. The lowest BCUT2D eigenvalue weighted by molar-refractivity contribution is -0.141. The number of alkyl halides is 3. The molecule has 1 unspecified atom stereocenters. The molecule has 1 fully saturated rings. The molecule has 29 heavy (non-hydrogen) atoms. The minimum Gasteiger partial charge on any atom is -0.476 e. The Morgan fingerprint density at radius 2 is 2.14 bits per heavy atom. The van der Waals surface area contributed by atoms with E-state index >= 15 is 0 Å². The average molecular weight is 426 g/mol. The van der Waals surface area contributed by atoms with Crippen molar-refractivity contribution in [2.75, 3.05) is 12.9 Å². The van der Waals surface area contributed by atoms with Crippen LogP contribution in [0, 0.1) is 17.2 Å². The molecule has 2 aromatic heterocycles.